The summed E-state index contributed by atoms with van der Waals surface area (Å²) in [7, 11) is 1.64. The Bertz CT molecular complexity index is 1540. The van der Waals surface area contributed by atoms with Crippen LogP contribution in [0.2, 0.25) is 0 Å². The van der Waals surface area contributed by atoms with Gasteiger partial charge in [0, 0.05) is 23.6 Å². The number of aromatic nitrogens is 4. The predicted molar refractivity (Wildman–Crippen MR) is 149 cm³/mol. The predicted octanol–water partition coefficient (Wildman–Crippen LogP) is 5.89. The number of ether oxygens (including phenoxy) is 1. The van der Waals surface area contributed by atoms with Crippen molar-refractivity contribution in [2.24, 2.45) is 0 Å². The molecule has 1 aliphatic rings. The van der Waals surface area contributed by atoms with Gasteiger partial charge in [-0.1, -0.05) is 48.2 Å². The molecule has 0 spiro atoms. The van der Waals surface area contributed by atoms with Crippen molar-refractivity contribution < 1.29 is 9.53 Å². The maximum absolute atomic E-state index is 13.9. The average molecular weight is 520 g/mol. The number of fused-ring (bicyclic) bond motifs is 2. The highest BCUT2D eigenvalue weighted by atomic mass is 32.2. The van der Waals surface area contributed by atoms with Gasteiger partial charge < -0.3 is 4.74 Å². The SMILES string of the molecule is COc1ccc(-n2c(SCC(=O)N3c4ccccc4CCc4ccccc43)nnc2-c2cccnc2)cc1. The van der Waals surface area contributed by atoms with Gasteiger partial charge >= 0.3 is 0 Å². The van der Waals surface area contributed by atoms with Crippen LogP contribution in [0.15, 0.2) is 102 Å². The molecule has 0 bridgehead atoms. The zero-order chi connectivity index (χ0) is 25.9. The molecule has 5 aromatic rings. The molecule has 0 N–H and O–H groups in total. The fraction of sp³-hybridized carbons (Fsp3) is 0.133. The molecule has 0 saturated carbocycles. The first-order valence-corrected chi connectivity index (χ1v) is 13.3. The second-order valence-electron chi connectivity index (χ2n) is 8.86. The number of benzene rings is 3. The summed E-state index contributed by atoms with van der Waals surface area (Å²) < 4.78 is 7.30. The summed E-state index contributed by atoms with van der Waals surface area (Å²) in [5.74, 6) is 1.60. The van der Waals surface area contributed by atoms with Crippen molar-refractivity contribution >= 4 is 29.0 Å². The average Bonchev–Trinajstić information content (AvgIpc) is 3.32. The van der Waals surface area contributed by atoms with Crippen molar-refractivity contribution in [2.45, 2.75) is 18.0 Å². The summed E-state index contributed by atoms with van der Waals surface area (Å²) in [4.78, 5) is 20.0. The third kappa shape index (κ3) is 4.54. The van der Waals surface area contributed by atoms with Crippen molar-refractivity contribution in [3.05, 3.63) is 108 Å². The Balaban J connectivity index is 1.35. The van der Waals surface area contributed by atoms with Crippen LogP contribution in [0.3, 0.4) is 0 Å². The first-order chi connectivity index (χ1) is 18.7. The quantitative estimate of drug-likeness (QED) is 0.260. The highest BCUT2D eigenvalue weighted by Gasteiger charge is 2.26. The van der Waals surface area contributed by atoms with E-state index < -0.39 is 0 Å². The molecule has 0 aliphatic carbocycles. The zero-order valence-electron chi connectivity index (χ0n) is 20.8. The molecule has 188 valence electrons. The third-order valence-electron chi connectivity index (χ3n) is 6.59. The molecular weight excluding hydrogens is 494 g/mol. The summed E-state index contributed by atoms with van der Waals surface area (Å²) >= 11 is 1.37. The maximum atomic E-state index is 13.9. The standard InChI is InChI=1S/C30H25N5O2S/c1-37-25-16-14-24(15-17-25)34-29(23-9-6-18-31-19-23)32-33-30(34)38-20-28(36)35-26-10-4-2-7-21(26)12-13-22-8-3-5-11-27(22)35/h2-11,14-19H,12-13,20H2,1H3. The fourth-order valence-corrected chi connectivity index (χ4v) is 5.55. The van der Waals surface area contributed by atoms with Crippen molar-refractivity contribution in [1.29, 1.82) is 0 Å². The molecule has 7 nitrogen and oxygen atoms in total. The summed E-state index contributed by atoms with van der Waals surface area (Å²) in [6.45, 7) is 0. The summed E-state index contributed by atoms with van der Waals surface area (Å²) in [5.41, 5.74) is 5.93. The topological polar surface area (TPSA) is 73.1 Å². The second kappa shape index (κ2) is 10.5. The summed E-state index contributed by atoms with van der Waals surface area (Å²) in [6, 6.07) is 27.8. The van der Waals surface area contributed by atoms with Gasteiger partial charge in [-0.25, -0.2) is 0 Å². The molecule has 0 atom stereocenters. The minimum absolute atomic E-state index is 0.0102. The van der Waals surface area contributed by atoms with Crippen LogP contribution in [0.5, 0.6) is 5.75 Å². The van der Waals surface area contributed by atoms with E-state index in [0.29, 0.717) is 11.0 Å². The van der Waals surface area contributed by atoms with Crippen LogP contribution < -0.4 is 9.64 Å². The Hall–Kier alpha value is -4.43. The van der Waals surface area contributed by atoms with Gasteiger partial charge in [-0.3, -0.25) is 19.2 Å². The third-order valence-corrected chi connectivity index (χ3v) is 7.50. The van der Waals surface area contributed by atoms with Gasteiger partial charge in [-0.2, -0.15) is 0 Å². The van der Waals surface area contributed by atoms with Crippen LogP contribution in [0.1, 0.15) is 11.1 Å². The number of amides is 1. The van der Waals surface area contributed by atoms with Gasteiger partial charge in [-0.15, -0.1) is 10.2 Å². The largest absolute Gasteiger partial charge is 0.497 e. The molecule has 2 aromatic heterocycles. The van der Waals surface area contributed by atoms with Crippen LogP contribution >= 0.6 is 11.8 Å². The Morgan fingerprint density at radius 2 is 1.55 bits per heavy atom. The highest BCUT2D eigenvalue weighted by molar-refractivity contribution is 7.99. The molecule has 38 heavy (non-hydrogen) atoms. The van der Waals surface area contributed by atoms with Gasteiger partial charge in [0.15, 0.2) is 11.0 Å². The van der Waals surface area contributed by atoms with E-state index in [1.807, 2.05) is 82.3 Å². The summed E-state index contributed by atoms with van der Waals surface area (Å²) in [6.07, 6.45) is 5.27. The van der Waals surface area contributed by atoms with E-state index in [1.54, 1.807) is 19.5 Å². The van der Waals surface area contributed by atoms with Gasteiger partial charge in [-0.05, 0) is 72.5 Å². The molecule has 3 aromatic carbocycles. The highest BCUT2D eigenvalue weighted by Crippen LogP contribution is 2.37. The van der Waals surface area contributed by atoms with Crippen LogP contribution in [-0.4, -0.2) is 38.5 Å². The minimum Gasteiger partial charge on any atom is -0.497 e. The number of nitrogens with zero attached hydrogens (tertiary/aromatic N) is 5. The van der Waals surface area contributed by atoms with E-state index in [1.165, 1.54) is 22.9 Å². The van der Waals surface area contributed by atoms with E-state index in [2.05, 4.69) is 27.3 Å². The number of rotatable bonds is 6. The number of anilines is 2. The number of aryl methyl sites for hydroxylation is 2. The lowest BCUT2D eigenvalue weighted by Gasteiger charge is -2.25. The van der Waals surface area contributed by atoms with Gasteiger partial charge in [0.2, 0.25) is 5.91 Å². The Morgan fingerprint density at radius 1 is 0.868 bits per heavy atom. The van der Waals surface area contributed by atoms with E-state index in [0.717, 1.165) is 41.2 Å². The number of methoxy groups -OCH3 is 1. The maximum Gasteiger partial charge on any atom is 0.242 e. The molecule has 8 heteroatoms. The molecule has 0 unspecified atom stereocenters. The minimum atomic E-state index is -0.0102. The fourth-order valence-electron chi connectivity index (χ4n) is 4.75. The van der Waals surface area contributed by atoms with E-state index in [-0.39, 0.29) is 11.7 Å². The zero-order valence-corrected chi connectivity index (χ0v) is 21.6. The number of hydrogen-bond acceptors (Lipinski definition) is 6. The van der Waals surface area contributed by atoms with Gasteiger partial charge in [0.25, 0.3) is 0 Å². The molecular formula is C30H25N5O2S. The Kier molecular flexibility index (Phi) is 6.62. The first kappa shape index (κ1) is 23.9. The van der Waals surface area contributed by atoms with Crippen molar-refractivity contribution in [2.75, 3.05) is 17.8 Å². The van der Waals surface area contributed by atoms with E-state index in [9.17, 15) is 4.79 Å². The number of carbonyl (C=O) groups excluding carboxylic acids is 1. The van der Waals surface area contributed by atoms with Crippen molar-refractivity contribution in [1.82, 2.24) is 19.7 Å². The molecule has 1 amide bonds. The number of para-hydroxylation sites is 2. The van der Waals surface area contributed by atoms with Gasteiger partial charge in [0.05, 0.1) is 24.2 Å². The normalized spacial score (nSPS) is 12.4. The second-order valence-corrected chi connectivity index (χ2v) is 9.80. The smallest absolute Gasteiger partial charge is 0.242 e. The number of carbonyl (C=O) groups is 1. The number of pyridine rings is 1. The Morgan fingerprint density at radius 3 is 2.18 bits per heavy atom. The molecule has 0 saturated heterocycles. The number of hydrogen-bond donors (Lipinski definition) is 0. The molecule has 1 aliphatic heterocycles. The lowest BCUT2D eigenvalue weighted by Crippen LogP contribution is -2.28. The van der Waals surface area contributed by atoms with Crippen LogP contribution in [0.4, 0.5) is 11.4 Å². The lowest BCUT2D eigenvalue weighted by molar-refractivity contribution is -0.115. The van der Waals surface area contributed by atoms with E-state index in [4.69, 9.17) is 4.74 Å². The number of thioether (sulfide) groups is 1. The molecule has 6 rings (SSSR count). The van der Waals surface area contributed by atoms with Crippen molar-refractivity contribution in [3.8, 4) is 22.8 Å². The van der Waals surface area contributed by atoms with Crippen LogP contribution in [0, 0.1) is 0 Å². The summed E-state index contributed by atoms with van der Waals surface area (Å²) in [5, 5.41) is 9.58. The monoisotopic (exact) mass is 519 g/mol. The van der Waals surface area contributed by atoms with Crippen molar-refractivity contribution in [3.63, 3.8) is 0 Å². The molecule has 0 fully saturated rings. The first-order valence-electron chi connectivity index (χ1n) is 12.3. The molecule has 0 radical (unpaired) electrons. The lowest BCUT2D eigenvalue weighted by atomic mass is 10.0. The molecule has 3 heterocycles. The Labute approximate surface area is 225 Å². The van der Waals surface area contributed by atoms with Gasteiger partial charge in [0.1, 0.15) is 5.75 Å². The van der Waals surface area contributed by atoms with E-state index >= 15 is 0 Å². The van der Waals surface area contributed by atoms with Crippen LogP contribution in [-0.2, 0) is 17.6 Å². The van der Waals surface area contributed by atoms with Crippen LogP contribution in [0.25, 0.3) is 17.1 Å².